The summed E-state index contributed by atoms with van der Waals surface area (Å²) in [5.74, 6) is -0.0409. The van der Waals surface area contributed by atoms with Gasteiger partial charge in [0.2, 0.25) is 5.91 Å². The van der Waals surface area contributed by atoms with Crippen LogP contribution in [0.5, 0.6) is 0 Å². The first-order valence-electron chi connectivity index (χ1n) is 5.66. The van der Waals surface area contributed by atoms with Crippen molar-refractivity contribution in [2.45, 2.75) is 19.8 Å². The molecule has 0 aliphatic carbocycles. The number of amides is 1. The Morgan fingerprint density at radius 3 is 2.56 bits per heavy atom. The van der Waals surface area contributed by atoms with Gasteiger partial charge in [-0.2, -0.15) is 0 Å². The van der Waals surface area contributed by atoms with E-state index in [1.807, 2.05) is 6.92 Å². The minimum Gasteiger partial charge on any atom is -0.399 e. The fourth-order valence-electron chi connectivity index (χ4n) is 1.39. The zero-order valence-corrected chi connectivity index (χ0v) is 13.3. The molecule has 1 amide bonds. The van der Waals surface area contributed by atoms with Crippen LogP contribution >= 0.6 is 31.9 Å². The van der Waals surface area contributed by atoms with Crippen molar-refractivity contribution in [3.63, 3.8) is 0 Å². The number of carbonyl (C=O) groups excluding carboxylic acids is 1. The van der Waals surface area contributed by atoms with Gasteiger partial charge in [-0.25, -0.2) is 0 Å². The maximum absolute atomic E-state index is 11.7. The second kappa shape index (κ2) is 7.76. The van der Waals surface area contributed by atoms with Crippen LogP contribution in [-0.2, 0) is 9.53 Å². The number of hydrogen-bond donors (Lipinski definition) is 2. The summed E-state index contributed by atoms with van der Waals surface area (Å²) in [7, 11) is 0. The summed E-state index contributed by atoms with van der Waals surface area (Å²) >= 11 is 6.74. The molecule has 6 heteroatoms. The molecule has 4 nitrogen and oxygen atoms in total. The maximum Gasteiger partial charge on any atom is 0.224 e. The molecule has 0 aliphatic heterocycles. The number of hydrogen-bond acceptors (Lipinski definition) is 3. The molecule has 0 bridgehead atoms. The van der Waals surface area contributed by atoms with Crippen LogP contribution in [-0.4, -0.2) is 19.1 Å². The van der Waals surface area contributed by atoms with E-state index in [4.69, 9.17) is 10.5 Å². The molecular weight excluding hydrogens is 364 g/mol. The van der Waals surface area contributed by atoms with E-state index in [-0.39, 0.29) is 5.91 Å². The van der Waals surface area contributed by atoms with Crippen molar-refractivity contribution in [1.29, 1.82) is 0 Å². The molecule has 0 saturated carbocycles. The number of anilines is 2. The highest BCUT2D eigenvalue weighted by atomic mass is 79.9. The van der Waals surface area contributed by atoms with Crippen molar-refractivity contribution < 1.29 is 9.53 Å². The summed E-state index contributed by atoms with van der Waals surface area (Å²) in [6.07, 6.45) is 1.15. The molecule has 0 radical (unpaired) electrons. The Morgan fingerprint density at radius 2 is 2.00 bits per heavy atom. The second-order valence-corrected chi connectivity index (χ2v) is 5.42. The zero-order valence-electron chi connectivity index (χ0n) is 10.1. The highest BCUT2D eigenvalue weighted by Gasteiger charge is 2.10. The van der Waals surface area contributed by atoms with Crippen LogP contribution in [0.25, 0.3) is 0 Å². The van der Waals surface area contributed by atoms with Gasteiger partial charge in [-0.1, -0.05) is 0 Å². The van der Waals surface area contributed by atoms with Crippen molar-refractivity contribution in [2.75, 3.05) is 24.3 Å². The van der Waals surface area contributed by atoms with Gasteiger partial charge < -0.3 is 15.8 Å². The van der Waals surface area contributed by atoms with Crippen molar-refractivity contribution in [3.05, 3.63) is 21.1 Å². The number of benzene rings is 1. The summed E-state index contributed by atoms with van der Waals surface area (Å²) < 4.78 is 6.70. The maximum atomic E-state index is 11.7. The molecule has 18 heavy (non-hydrogen) atoms. The Bertz CT molecular complexity index is 402. The van der Waals surface area contributed by atoms with E-state index in [0.29, 0.717) is 37.4 Å². The SMILES string of the molecule is CCOCCCC(=O)Nc1c(Br)cc(N)cc1Br. The molecule has 0 unspecified atom stereocenters. The Morgan fingerprint density at radius 1 is 1.39 bits per heavy atom. The third kappa shape index (κ3) is 4.96. The van der Waals surface area contributed by atoms with Crippen LogP contribution in [0, 0.1) is 0 Å². The molecule has 1 rings (SSSR count). The van der Waals surface area contributed by atoms with E-state index in [0.717, 1.165) is 8.95 Å². The first kappa shape index (κ1) is 15.5. The highest BCUT2D eigenvalue weighted by molar-refractivity contribution is 9.11. The van der Waals surface area contributed by atoms with E-state index < -0.39 is 0 Å². The van der Waals surface area contributed by atoms with Gasteiger partial charge in [0.25, 0.3) is 0 Å². The minimum atomic E-state index is -0.0409. The van der Waals surface area contributed by atoms with E-state index in [1.54, 1.807) is 12.1 Å². The quantitative estimate of drug-likeness (QED) is 0.586. The van der Waals surface area contributed by atoms with Crippen molar-refractivity contribution in [1.82, 2.24) is 0 Å². The molecule has 0 atom stereocenters. The molecule has 1 aromatic rings. The van der Waals surface area contributed by atoms with E-state index in [1.165, 1.54) is 0 Å². The smallest absolute Gasteiger partial charge is 0.224 e. The lowest BCUT2D eigenvalue weighted by Gasteiger charge is -2.10. The lowest BCUT2D eigenvalue weighted by atomic mass is 10.2. The van der Waals surface area contributed by atoms with Gasteiger partial charge in [0.1, 0.15) is 0 Å². The molecule has 0 spiro atoms. The van der Waals surface area contributed by atoms with E-state index in [2.05, 4.69) is 37.2 Å². The summed E-state index contributed by atoms with van der Waals surface area (Å²) in [6, 6.07) is 3.50. The van der Waals surface area contributed by atoms with Gasteiger partial charge in [0, 0.05) is 34.3 Å². The summed E-state index contributed by atoms with van der Waals surface area (Å²) in [5, 5.41) is 2.84. The number of ether oxygens (including phenoxy) is 1. The highest BCUT2D eigenvalue weighted by Crippen LogP contribution is 2.33. The summed E-state index contributed by atoms with van der Waals surface area (Å²) in [4.78, 5) is 11.7. The van der Waals surface area contributed by atoms with Gasteiger partial charge in [0.15, 0.2) is 0 Å². The zero-order chi connectivity index (χ0) is 13.5. The third-order valence-corrected chi connectivity index (χ3v) is 3.48. The first-order chi connectivity index (χ1) is 8.54. The Labute approximate surface area is 124 Å². The predicted molar refractivity (Wildman–Crippen MR) is 80.6 cm³/mol. The Balaban J connectivity index is 2.54. The van der Waals surface area contributed by atoms with Crippen LogP contribution in [0.15, 0.2) is 21.1 Å². The molecule has 3 N–H and O–H groups in total. The predicted octanol–water partition coefficient (Wildman–Crippen LogP) is 3.55. The fourth-order valence-corrected chi connectivity index (χ4v) is 2.81. The molecular formula is C12H16Br2N2O2. The molecule has 100 valence electrons. The standard InChI is InChI=1S/C12H16Br2N2O2/c1-2-18-5-3-4-11(17)16-12-9(13)6-8(15)7-10(12)14/h6-7H,2-5,15H2,1H3,(H,16,17). The molecule has 0 fully saturated rings. The number of nitrogens with one attached hydrogen (secondary N) is 1. The Hall–Kier alpha value is -0.590. The lowest BCUT2D eigenvalue weighted by molar-refractivity contribution is -0.116. The largest absolute Gasteiger partial charge is 0.399 e. The molecule has 0 aromatic heterocycles. The minimum absolute atomic E-state index is 0.0409. The van der Waals surface area contributed by atoms with Crippen LogP contribution in [0.2, 0.25) is 0 Å². The van der Waals surface area contributed by atoms with Gasteiger partial charge in [-0.05, 0) is 57.3 Å². The van der Waals surface area contributed by atoms with Crippen molar-refractivity contribution >= 4 is 49.1 Å². The third-order valence-electron chi connectivity index (χ3n) is 2.23. The van der Waals surface area contributed by atoms with Crippen LogP contribution in [0.4, 0.5) is 11.4 Å². The topological polar surface area (TPSA) is 64.3 Å². The lowest BCUT2D eigenvalue weighted by Crippen LogP contribution is -2.13. The average molecular weight is 380 g/mol. The average Bonchev–Trinajstić information content (AvgIpc) is 2.29. The van der Waals surface area contributed by atoms with E-state index in [9.17, 15) is 4.79 Å². The fraction of sp³-hybridized carbons (Fsp3) is 0.417. The number of carbonyl (C=O) groups is 1. The second-order valence-electron chi connectivity index (χ2n) is 3.71. The van der Waals surface area contributed by atoms with Crippen molar-refractivity contribution in [2.24, 2.45) is 0 Å². The Kier molecular flexibility index (Phi) is 6.67. The van der Waals surface area contributed by atoms with Gasteiger partial charge in [-0.15, -0.1) is 0 Å². The first-order valence-corrected chi connectivity index (χ1v) is 7.25. The molecule has 0 saturated heterocycles. The van der Waals surface area contributed by atoms with E-state index >= 15 is 0 Å². The number of halogens is 2. The molecule has 0 heterocycles. The van der Waals surface area contributed by atoms with Crippen LogP contribution < -0.4 is 11.1 Å². The van der Waals surface area contributed by atoms with Crippen LogP contribution in [0.1, 0.15) is 19.8 Å². The number of nitrogens with two attached hydrogens (primary N) is 1. The summed E-state index contributed by atoms with van der Waals surface area (Å²) in [6.45, 7) is 3.22. The van der Waals surface area contributed by atoms with Crippen molar-refractivity contribution in [3.8, 4) is 0 Å². The number of rotatable bonds is 6. The monoisotopic (exact) mass is 378 g/mol. The summed E-state index contributed by atoms with van der Waals surface area (Å²) in [5.41, 5.74) is 7.01. The molecule has 1 aromatic carbocycles. The van der Waals surface area contributed by atoms with Gasteiger partial charge in [0.05, 0.1) is 5.69 Å². The van der Waals surface area contributed by atoms with Crippen LogP contribution in [0.3, 0.4) is 0 Å². The van der Waals surface area contributed by atoms with Gasteiger partial charge >= 0.3 is 0 Å². The van der Waals surface area contributed by atoms with Gasteiger partial charge in [-0.3, -0.25) is 4.79 Å². The number of nitrogen functional groups attached to an aromatic ring is 1. The normalized spacial score (nSPS) is 10.4. The molecule has 0 aliphatic rings.